The molecule has 1 aliphatic heterocycles. The van der Waals surface area contributed by atoms with E-state index >= 15 is 0 Å². The van der Waals surface area contributed by atoms with E-state index in [9.17, 15) is 4.79 Å². The number of piperidine rings is 1. The number of H-pyrrole nitrogens is 1. The maximum absolute atomic E-state index is 12.6. The number of aromatic nitrogens is 2. The molecule has 1 fully saturated rings. The van der Waals surface area contributed by atoms with E-state index in [1.54, 1.807) is 0 Å². The van der Waals surface area contributed by atoms with Crippen LogP contribution in [0.15, 0.2) is 23.6 Å². The van der Waals surface area contributed by atoms with Crippen LogP contribution in [0.3, 0.4) is 0 Å². The quantitative estimate of drug-likeness (QED) is 0.686. The van der Waals surface area contributed by atoms with Gasteiger partial charge in [0.05, 0.1) is 5.69 Å². The van der Waals surface area contributed by atoms with Crippen molar-refractivity contribution in [2.75, 3.05) is 18.4 Å². The summed E-state index contributed by atoms with van der Waals surface area (Å²) in [4.78, 5) is 23.0. The number of aromatic amines is 1. The number of nitrogens with one attached hydrogen (secondary N) is 2. The second kappa shape index (κ2) is 7.44. The summed E-state index contributed by atoms with van der Waals surface area (Å²) in [6.45, 7) is 9.58. The Morgan fingerprint density at radius 3 is 2.89 bits per heavy atom. The Hall–Kier alpha value is -2.18. The summed E-state index contributed by atoms with van der Waals surface area (Å²) in [5, 5.41) is 6.77. The minimum absolute atomic E-state index is 0.108. The van der Waals surface area contributed by atoms with Gasteiger partial charge in [-0.15, -0.1) is 11.3 Å². The third kappa shape index (κ3) is 3.92. The lowest BCUT2D eigenvalue weighted by Crippen LogP contribution is -2.32. The minimum Gasteiger partial charge on any atom is -0.358 e. The zero-order chi connectivity index (χ0) is 19.0. The Bertz CT molecular complexity index is 966. The lowest BCUT2D eigenvalue weighted by molar-refractivity contribution is 0.102. The Kier molecular flexibility index (Phi) is 5.02. The normalized spacial score (nSPS) is 16.1. The topological polar surface area (TPSA) is 61.0 Å². The standard InChI is InChI=1S/C21H26N4OS/c1-13-6-8-25(9-7-13)11-17-12-27-21(23-17)24-20(26)16-4-5-19-18(10-16)14(2)15(3)22-19/h4-5,10,12-13,22H,6-9,11H2,1-3H3,(H,23,24,26). The molecule has 27 heavy (non-hydrogen) atoms. The first-order valence-electron chi connectivity index (χ1n) is 9.56. The van der Waals surface area contributed by atoms with Gasteiger partial charge in [-0.2, -0.15) is 0 Å². The van der Waals surface area contributed by atoms with Crippen LogP contribution in [0.5, 0.6) is 0 Å². The zero-order valence-corrected chi connectivity index (χ0v) is 16.9. The zero-order valence-electron chi connectivity index (χ0n) is 16.1. The van der Waals surface area contributed by atoms with Gasteiger partial charge in [-0.25, -0.2) is 4.98 Å². The van der Waals surface area contributed by atoms with Crippen LogP contribution < -0.4 is 5.32 Å². The number of amides is 1. The van der Waals surface area contributed by atoms with Gasteiger partial charge in [-0.3, -0.25) is 15.0 Å². The Morgan fingerprint density at radius 1 is 1.33 bits per heavy atom. The number of rotatable bonds is 4. The van der Waals surface area contributed by atoms with E-state index in [0.717, 1.165) is 47.8 Å². The van der Waals surface area contributed by atoms with Crippen molar-refractivity contribution < 1.29 is 4.79 Å². The van der Waals surface area contributed by atoms with Gasteiger partial charge in [-0.05, 0) is 69.5 Å². The monoisotopic (exact) mass is 382 g/mol. The molecule has 0 spiro atoms. The molecule has 4 rings (SSSR count). The number of hydrogen-bond donors (Lipinski definition) is 2. The molecule has 2 aromatic heterocycles. The van der Waals surface area contributed by atoms with Gasteiger partial charge in [-0.1, -0.05) is 6.92 Å². The summed E-state index contributed by atoms with van der Waals surface area (Å²) in [5.74, 6) is 0.721. The van der Waals surface area contributed by atoms with Crippen LogP contribution in [0, 0.1) is 19.8 Å². The first-order chi connectivity index (χ1) is 13.0. The molecule has 0 radical (unpaired) electrons. The number of nitrogens with zero attached hydrogens (tertiary/aromatic N) is 2. The van der Waals surface area contributed by atoms with E-state index in [0.29, 0.717) is 10.7 Å². The predicted octanol–water partition coefficient (Wildman–Crippen LogP) is 4.73. The predicted molar refractivity (Wildman–Crippen MR) is 112 cm³/mol. The first-order valence-corrected chi connectivity index (χ1v) is 10.4. The number of aryl methyl sites for hydroxylation is 2. The van der Waals surface area contributed by atoms with Gasteiger partial charge in [0.25, 0.3) is 5.91 Å². The second-order valence-corrected chi connectivity index (χ2v) is 8.55. The summed E-state index contributed by atoms with van der Waals surface area (Å²) < 4.78 is 0. The molecule has 0 aliphatic carbocycles. The molecule has 2 N–H and O–H groups in total. The van der Waals surface area contributed by atoms with Crippen LogP contribution >= 0.6 is 11.3 Å². The molecule has 1 saturated heterocycles. The summed E-state index contributed by atoms with van der Waals surface area (Å²) in [7, 11) is 0. The van der Waals surface area contributed by atoms with Gasteiger partial charge in [0, 0.05) is 34.1 Å². The molecule has 1 amide bonds. The molecule has 142 valence electrons. The van der Waals surface area contributed by atoms with Crippen LogP contribution in [-0.2, 0) is 6.54 Å². The fraction of sp³-hybridized carbons (Fsp3) is 0.429. The Balaban J connectivity index is 1.42. The van der Waals surface area contributed by atoms with Gasteiger partial charge in [0.15, 0.2) is 5.13 Å². The highest BCUT2D eigenvalue weighted by Gasteiger charge is 2.17. The molecule has 3 aromatic rings. The molecule has 3 heterocycles. The third-order valence-corrected chi connectivity index (χ3v) is 6.41. The molecule has 1 aromatic carbocycles. The summed E-state index contributed by atoms with van der Waals surface area (Å²) in [6.07, 6.45) is 2.52. The molecule has 0 atom stereocenters. The Morgan fingerprint density at radius 2 is 2.11 bits per heavy atom. The van der Waals surface area contributed by atoms with Gasteiger partial charge >= 0.3 is 0 Å². The van der Waals surface area contributed by atoms with Gasteiger partial charge in [0.1, 0.15) is 0 Å². The van der Waals surface area contributed by atoms with Crippen molar-refractivity contribution in [2.24, 2.45) is 5.92 Å². The minimum atomic E-state index is -0.108. The van der Waals surface area contributed by atoms with Crippen molar-refractivity contribution in [1.29, 1.82) is 0 Å². The highest BCUT2D eigenvalue weighted by Crippen LogP contribution is 2.24. The molecule has 1 aliphatic rings. The molecule has 0 saturated carbocycles. The van der Waals surface area contributed by atoms with Gasteiger partial charge < -0.3 is 4.98 Å². The molecule has 6 heteroatoms. The molecule has 0 bridgehead atoms. The number of likely N-dealkylation sites (tertiary alicyclic amines) is 1. The fourth-order valence-electron chi connectivity index (χ4n) is 3.66. The second-order valence-electron chi connectivity index (χ2n) is 7.69. The number of carbonyl (C=O) groups excluding carboxylic acids is 1. The molecule has 5 nitrogen and oxygen atoms in total. The van der Waals surface area contributed by atoms with E-state index in [4.69, 9.17) is 0 Å². The van der Waals surface area contributed by atoms with Crippen molar-refractivity contribution in [1.82, 2.24) is 14.9 Å². The Labute approximate surface area is 163 Å². The van der Waals surface area contributed by atoms with Crippen LogP contribution in [0.1, 0.15) is 47.1 Å². The maximum atomic E-state index is 12.6. The van der Waals surface area contributed by atoms with Crippen LogP contribution in [0.25, 0.3) is 10.9 Å². The molecular formula is C21H26N4OS. The van der Waals surface area contributed by atoms with Crippen LogP contribution in [0.2, 0.25) is 0 Å². The number of hydrogen-bond acceptors (Lipinski definition) is 4. The van der Waals surface area contributed by atoms with Crippen molar-refractivity contribution >= 4 is 33.3 Å². The lowest BCUT2D eigenvalue weighted by Gasteiger charge is -2.29. The number of carbonyl (C=O) groups is 1. The number of anilines is 1. The molecular weight excluding hydrogens is 356 g/mol. The molecule has 0 unspecified atom stereocenters. The third-order valence-electron chi connectivity index (χ3n) is 5.60. The fourth-order valence-corrected chi connectivity index (χ4v) is 4.35. The average Bonchev–Trinajstić information content (AvgIpc) is 3.21. The average molecular weight is 383 g/mol. The lowest BCUT2D eigenvalue weighted by atomic mass is 9.99. The van der Waals surface area contributed by atoms with E-state index in [1.807, 2.05) is 18.2 Å². The number of fused-ring (bicyclic) bond motifs is 1. The smallest absolute Gasteiger partial charge is 0.257 e. The number of thiazole rings is 1. The maximum Gasteiger partial charge on any atom is 0.257 e. The van der Waals surface area contributed by atoms with Crippen molar-refractivity contribution in [3.63, 3.8) is 0 Å². The van der Waals surface area contributed by atoms with E-state index in [1.165, 1.54) is 29.7 Å². The number of benzene rings is 1. The van der Waals surface area contributed by atoms with E-state index in [-0.39, 0.29) is 5.91 Å². The van der Waals surface area contributed by atoms with E-state index in [2.05, 4.69) is 46.3 Å². The summed E-state index contributed by atoms with van der Waals surface area (Å²) >= 11 is 1.50. The van der Waals surface area contributed by atoms with Crippen molar-refractivity contribution in [3.05, 3.63) is 46.1 Å². The highest BCUT2D eigenvalue weighted by molar-refractivity contribution is 7.14. The largest absolute Gasteiger partial charge is 0.358 e. The van der Waals surface area contributed by atoms with Crippen molar-refractivity contribution in [3.8, 4) is 0 Å². The summed E-state index contributed by atoms with van der Waals surface area (Å²) in [5.41, 5.74) is 5.09. The van der Waals surface area contributed by atoms with E-state index < -0.39 is 0 Å². The van der Waals surface area contributed by atoms with Gasteiger partial charge in [0.2, 0.25) is 0 Å². The highest BCUT2D eigenvalue weighted by atomic mass is 32.1. The van der Waals surface area contributed by atoms with Crippen molar-refractivity contribution in [2.45, 2.75) is 40.2 Å². The summed E-state index contributed by atoms with van der Waals surface area (Å²) in [6, 6.07) is 5.78. The first kappa shape index (κ1) is 18.2. The van der Waals surface area contributed by atoms with Crippen LogP contribution in [-0.4, -0.2) is 33.9 Å². The SMILES string of the molecule is Cc1[nH]c2ccc(C(=O)Nc3nc(CN4CCC(C)CC4)cs3)cc2c1C. The van der Waals surface area contributed by atoms with Crippen LogP contribution in [0.4, 0.5) is 5.13 Å².